The lowest BCUT2D eigenvalue weighted by Gasteiger charge is -2.16. The first-order valence-electron chi connectivity index (χ1n) is 8.64. The molecule has 3 aromatic rings. The third-order valence-electron chi connectivity index (χ3n) is 4.49. The molecule has 0 unspecified atom stereocenters. The summed E-state index contributed by atoms with van der Waals surface area (Å²) in [7, 11) is 1.39. The summed E-state index contributed by atoms with van der Waals surface area (Å²) in [6, 6.07) is 15.2. The van der Waals surface area contributed by atoms with Crippen molar-refractivity contribution < 1.29 is 14.3 Å². The number of hydrogen-bond donors (Lipinski definition) is 1. The molecule has 6 nitrogen and oxygen atoms in total. The van der Waals surface area contributed by atoms with E-state index in [1.165, 1.54) is 7.11 Å². The number of nitrogens with zero attached hydrogens (tertiary/aromatic N) is 2. The van der Waals surface area contributed by atoms with Gasteiger partial charge in [-0.05, 0) is 24.3 Å². The van der Waals surface area contributed by atoms with E-state index in [0.29, 0.717) is 24.5 Å². The highest BCUT2D eigenvalue weighted by Gasteiger charge is 2.32. The second kappa shape index (κ2) is 7.62. The van der Waals surface area contributed by atoms with Crippen LogP contribution in [0.1, 0.15) is 6.42 Å². The lowest BCUT2D eigenvalue weighted by Crippen LogP contribution is -2.31. The molecule has 1 aliphatic heterocycles. The smallest absolute Gasteiger partial charge is 0.323 e. The molecule has 0 spiro atoms. The van der Waals surface area contributed by atoms with E-state index in [1.54, 1.807) is 0 Å². The van der Waals surface area contributed by atoms with Gasteiger partial charge in [0.25, 0.3) is 0 Å². The van der Waals surface area contributed by atoms with Gasteiger partial charge < -0.3 is 14.8 Å². The van der Waals surface area contributed by atoms with E-state index in [-0.39, 0.29) is 18.1 Å². The molecule has 1 aromatic heterocycles. The minimum atomic E-state index is -0.359. The Morgan fingerprint density at radius 1 is 1.15 bits per heavy atom. The fourth-order valence-corrected chi connectivity index (χ4v) is 3.56. The lowest BCUT2D eigenvalue weighted by molar-refractivity contribution is -0.142. The molecular formula is C20H18BrN3O3. The van der Waals surface area contributed by atoms with Gasteiger partial charge in [-0.3, -0.25) is 4.79 Å². The number of methoxy groups -OCH3 is 1. The van der Waals surface area contributed by atoms with E-state index in [1.807, 2.05) is 48.5 Å². The number of fused-ring (bicyclic) bond motifs is 1. The summed E-state index contributed by atoms with van der Waals surface area (Å²) < 4.78 is 11.9. The maximum Gasteiger partial charge on any atom is 0.323 e. The Bertz CT molecular complexity index is 995. The van der Waals surface area contributed by atoms with E-state index < -0.39 is 0 Å². The summed E-state index contributed by atoms with van der Waals surface area (Å²) in [6.45, 7) is 0.548. The normalized spacial score (nSPS) is 19.2. The van der Waals surface area contributed by atoms with E-state index in [9.17, 15) is 4.79 Å². The maximum absolute atomic E-state index is 11.7. The van der Waals surface area contributed by atoms with Crippen molar-refractivity contribution in [2.24, 2.45) is 0 Å². The average Bonchev–Trinajstić information content (AvgIpc) is 3.15. The Morgan fingerprint density at radius 2 is 1.93 bits per heavy atom. The van der Waals surface area contributed by atoms with Crippen molar-refractivity contribution in [3.63, 3.8) is 0 Å². The van der Waals surface area contributed by atoms with Crippen LogP contribution >= 0.6 is 15.9 Å². The van der Waals surface area contributed by atoms with Crippen LogP contribution in [-0.2, 0) is 9.53 Å². The Hall–Kier alpha value is -2.51. The van der Waals surface area contributed by atoms with Gasteiger partial charge >= 0.3 is 5.97 Å². The standard InChI is InChI=1S/C20H18BrN3O3/c1-26-20(25)17-10-14(11-22-17)27-19-18(12-5-4-6-13(21)9-12)23-15-7-2-3-8-16(15)24-19/h2-9,14,17,22H,10-11H2,1H3/t14-,17+/m1/s1. The number of rotatable bonds is 4. The molecule has 2 heterocycles. The van der Waals surface area contributed by atoms with Crippen molar-refractivity contribution in [2.45, 2.75) is 18.6 Å². The summed E-state index contributed by atoms with van der Waals surface area (Å²) in [5, 5.41) is 3.13. The molecule has 0 radical (unpaired) electrons. The molecule has 1 N–H and O–H groups in total. The Morgan fingerprint density at radius 3 is 2.67 bits per heavy atom. The fourth-order valence-electron chi connectivity index (χ4n) is 3.16. The molecule has 1 fully saturated rings. The Kier molecular flexibility index (Phi) is 5.05. The number of hydrogen-bond acceptors (Lipinski definition) is 6. The van der Waals surface area contributed by atoms with Crippen molar-refractivity contribution >= 4 is 32.9 Å². The monoisotopic (exact) mass is 427 g/mol. The number of aromatic nitrogens is 2. The van der Waals surface area contributed by atoms with Gasteiger partial charge in [0, 0.05) is 23.0 Å². The largest absolute Gasteiger partial charge is 0.471 e. The molecule has 4 rings (SSSR count). The van der Waals surface area contributed by atoms with Crippen LogP contribution < -0.4 is 10.1 Å². The van der Waals surface area contributed by atoms with E-state index in [4.69, 9.17) is 19.4 Å². The van der Waals surface area contributed by atoms with E-state index in [2.05, 4.69) is 21.2 Å². The number of halogens is 1. The van der Waals surface area contributed by atoms with Crippen LogP contribution in [0.3, 0.4) is 0 Å². The number of nitrogens with one attached hydrogen (secondary N) is 1. The van der Waals surface area contributed by atoms with Gasteiger partial charge in [0.05, 0.1) is 18.1 Å². The molecule has 0 saturated carbocycles. The first kappa shape index (κ1) is 17.9. The zero-order chi connectivity index (χ0) is 18.8. The molecule has 138 valence electrons. The summed E-state index contributed by atoms with van der Waals surface area (Å²) in [6.07, 6.45) is 0.342. The number of para-hydroxylation sites is 2. The molecule has 0 aliphatic carbocycles. The third-order valence-corrected chi connectivity index (χ3v) is 4.98. The predicted octanol–water partition coefficient (Wildman–Crippen LogP) is 3.34. The average molecular weight is 428 g/mol. The summed E-state index contributed by atoms with van der Waals surface area (Å²) in [4.78, 5) is 21.2. The molecule has 0 bridgehead atoms. The van der Waals surface area contributed by atoms with Crippen LogP contribution in [-0.4, -0.2) is 41.7 Å². The topological polar surface area (TPSA) is 73.3 Å². The van der Waals surface area contributed by atoms with Crippen LogP contribution in [0.4, 0.5) is 0 Å². The lowest BCUT2D eigenvalue weighted by atomic mass is 10.1. The van der Waals surface area contributed by atoms with Crippen LogP contribution in [0.15, 0.2) is 53.0 Å². The molecule has 0 amide bonds. The van der Waals surface area contributed by atoms with Crippen LogP contribution in [0, 0.1) is 0 Å². The molecule has 27 heavy (non-hydrogen) atoms. The minimum Gasteiger partial charge on any atom is -0.471 e. The third kappa shape index (κ3) is 3.79. The molecule has 7 heteroatoms. The van der Waals surface area contributed by atoms with Gasteiger partial charge in [-0.15, -0.1) is 0 Å². The second-order valence-corrected chi connectivity index (χ2v) is 7.25. The quantitative estimate of drug-likeness (QED) is 0.643. The Balaban J connectivity index is 1.70. The van der Waals surface area contributed by atoms with Gasteiger partial charge in [0.15, 0.2) is 0 Å². The SMILES string of the molecule is COC(=O)[C@@H]1C[C@@H](Oc2nc3ccccc3nc2-c2cccc(Br)c2)CN1. The van der Waals surface area contributed by atoms with Crippen LogP contribution in [0.2, 0.25) is 0 Å². The number of ether oxygens (including phenoxy) is 2. The number of carbonyl (C=O) groups is 1. The van der Waals surface area contributed by atoms with Gasteiger partial charge in [-0.25, -0.2) is 9.97 Å². The van der Waals surface area contributed by atoms with Crippen LogP contribution in [0.5, 0.6) is 5.88 Å². The van der Waals surface area contributed by atoms with E-state index >= 15 is 0 Å². The van der Waals surface area contributed by atoms with Gasteiger partial charge in [-0.2, -0.15) is 0 Å². The molecule has 2 atom stereocenters. The first-order valence-corrected chi connectivity index (χ1v) is 9.44. The van der Waals surface area contributed by atoms with Crippen molar-refractivity contribution in [1.29, 1.82) is 0 Å². The van der Waals surface area contributed by atoms with Crippen molar-refractivity contribution in [3.8, 4) is 17.1 Å². The van der Waals surface area contributed by atoms with Gasteiger partial charge in [0.2, 0.25) is 5.88 Å². The van der Waals surface area contributed by atoms with Crippen molar-refractivity contribution in [2.75, 3.05) is 13.7 Å². The highest BCUT2D eigenvalue weighted by atomic mass is 79.9. The fraction of sp³-hybridized carbons (Fsp3) is 0.250. The van der Waals surface area contributed by atoms with Gasteiger partial charge in [0.1, 0.15) is 17.8 Å². The first-order chi connectivity index (χ1) is 13.1. The summed E-state index contributed by atoms with van der Waals surface area (Å²) in [5.74, 6) is 0.182. The van der Waals surface area contributed by atoms with Crippen LogP contribution in [0.25, 0.3) is 22.3 Å². The number of esters is 1. The zero-order valence-corrected chi connectivity index (χ0v) is 16.3. The molecule has 2 aromatic carbocycles. The number of carbonyl (C=O) groups excluding carboxylic acids is 1. The Labute approximate surface area is 165 Å². The van der Waals surface area contributed by atoms with Gasteiger partial charge in [-0.1, -0.05) is 40.2 Å². The van der Waals surface area contributed by atoms with E-state index in [0.717, 1.165) is 21.1 Å². The van der Waals surface area contributed by atoms with Crippen molar-refractivity contribution in [1.82, 2.24) is 15.3 Å². The minimum absolute atomic E-state index is 0.185. The molecule has 1 saturated heterocycles. The number of benzene rings is 2. The maximum atomic E-state index is 11.7. The van der Waals surface area contributed by atoms with Crippen molar-refractivity contribution in [3.05, 3.63) is 53.0 Å². The zero-order valence-electron chi connectivity index (χ0n) is 14.7. The summed E-state index contributed by atoms with van der Waals surface area (Å²) in [5.41, 5.74) is 3.16. The molecular weight excluding hydrogens is 410 g/mol. The predicted molar refractivity (Wildman–Crippen MR) is 106 cm³/mol. The second-order valence-electron chi connectivity index (χ2n) is 6.34. The summed E-state index contributed by atoms with van der Waals surface area (Å²) >= 11 is 3.50. The molecule has 1 aliphatic rings. The highest BCUT2D eigenvalue weighted by Crippen LogP contribution is 2.31. The highest BCUT2D eigenvalue weighted by molar-refractivity contribution is 9.10.